The smallest absolute Gasteiger partial charge is 0.319 e. The molecule has 0 spiro atoms. The molecule has 1 amide bonds. The van der Waals surface area contributed by atoms with Gasteiger partial charge in [-0.25, -0.2) is 0 Å². The van der Waals surface area contributed by atoms with Gasteiger partial charge in [0.05, 0.1) is 11.8 Å². The highest BCUT2D eigenvalue weighted by molar-refractivity contribution is 5.93. The van der Waals surface area contributed by atoms with Crippen molar-refractivity contribution in [3.05, 3.63) is 41.0 Å². The average Bonchev–Trinajstić information content (AvgIpc) is 3.19. The Morgan fingerprint density at radius 3 is 2.79 bits per heavy atom. The van der Waals surface area contributed by atoms with Gasteiger partial charge in [0.2, 0.25) is 0 Å². The number of β-amino-alcohol motifs (C(OH)–C–C–N with tert-alkyl or cyclic N) is 1. The lowest BCUT2D eigenvalue weighted by molar-refractivity contribution is 0.0558. The highest BCUT2D eigenvalue weighted by Gasteiger charge is 2.36. The van der Waals surface area contributed by atoms with Crippen LogP contribution in [0, 0.1) is 19.8 Å². The minimum atomic E-state index is -2.78. The van der Waals surface area contributed by atoms with Gasteiger partial charge in [-0.05, 0) is 26.0 Å². The first-order valence-electron chi connectivity index (χ1n) is 7.72. The molecule has 3 rings (SSSR count). The van der Waals surface area contributed by atoms with Crippen LogP contribution in [0.5, 0.6) is 0 Å². The normalized spacial score (nSPS) is 21.0. The molecule has 0 saturated carbocycles. The van der Waals surface area contributed by atoms with Crippen LogP contribution in [0.4, 0.5) is 8.78 Å². The molecule has 130 valence electrons. The van der Waals surface area contributed by atoms with Gasteiger partial charge >= 0.3 is 6.55 Å². The minimum absolute atomic E-state index is 0.0640. The summed E-state index contributed by atoms with van der Waals surface area (Å²) in [6.45, 7) is 0.947. The number of aliphatic hydroxyl groups is 1. The Morgan fingerprint density at radius 1 is 1.42 bits per heavy atom. The number of hydrogen-bond donors (Lipinski definition) is 1. The number of likely N-dealkylation sites (tertiary alicyclic amines) is 1. The number of nitrogens with zero attached hydrogens (tertiary/aromatic N) is 3. The number of aliphatic hydroxyl groups excluding tert-OH is 1. The number of halogens is 2. The molecule has 0 bridgehead atoms. The molecule has 0 unspecified atom stereocenters. The fourth-order valence-corrected chi connectivity index (χ4v) is 3.14. The van der Waals surface area contributed by atoms with Gasteiger partial charge in [-0.2, -0.15) is 8.78 Å². The lowest BCUT2D eigenvalue weighted by atomic mass is 10.0. The van der Waals surface area contributed by atoms with E-state index < -0.39 is 18.6 Å². The van der Waals surface area contributed by atoms with Gasteiger partial charge in [-0.1, -0.05) is 5.16 Å². The van der Waals surface area contributed by atoms with E-state index in [1.807, 2.05) is 0 Å². The van der Waals surface area contributed by atoms with E-state index in [9.17, 15) is 18.7 Å². The molecule has 2 aromatic heterocycles. The predicted octanol–water partition coefficient (Wildman–Crippen LogP) is 2.16. The molecule has 8 heteroatoms. The molecule has 1 aliphatic heterocycles. The summed E-state index contributed by atoms with van der Waals surface area (Å²) in [6.07, 6.45) is -0.281. The van der Waals surface area contributed by atoms with Gasteiger partial charge < -0.3 is 14.5 Å². The van der Waals surface area contributed by atoms with E-state index in [0.717, 1.165) is 5.69 Å². The molecule has 1 aliphatic rings. The maximum Gasteiger partial charge on any atom is 0.319 e. The summed E-state index contributed by atoms with van der Waals surface area (Å²) in [5.41, 5.74) is 1.00. The van der Waals surface area contributed by atoms with Gasteiger partial charge in [-0.15, -0.1) is 0 Å². The molecule has 0 aliphatic carbocycles. The van der Waals surface area contributed by atoms with E-state index in [1.165, 1.54) is 24.0 Å². The number of aromatic nitrogens is 2. The fraction of sp³-hybridized carbons (Fsp3) is 0.500. The van der Waals surface area contributed by atoms with E-state index in [0.29, 0.717) is 22.4 Å². The number of aryl methyl sites for hydroxylation is 2. The van der Waals surface area contributed by atoms with Gasteiger partial charge in [0.15, 0.2) is 0 Å². The summed E-state index contributed by atoms with van der Waals surface area (Å²) >= 11 is 0. The standard InChI is InChI=1S/C16H19F2N3O3/c1-9-5-12(24-19-9)6-11-7-20(8-14(11)22)15(23)13-4-3-10(2)21(13)16(17)18/h3-5,11,14,16,22H,6-8H2,1-2H3/t11-,14-/m1/s1. The van der Waals surface area contributed by atoms with Crippen molar-refractivity contribution < 1.29 is 23.2 Å². The zero-order valence-electron chi connectivity index (χ0n) is 13.4. The molecule has 2 atom stereocenters. The number of carbonyl (C=O) groups is 1. The quantitative estimate of drug-likeness (QED) is 0.927. The summed E-state index contributed by atoms with van der Waals surface area (Å²) in [6, 6.07) is 4.66. The Bertz CT molecular complexity index is 741. The van der Waals surface area contributed by atoms with E-state index in [1.54, 1.807) is 13.0 Å². The second-order valence-electron chi connectivity index (χ2n) is 6.18. The predicted molar refractivity (Wildman–Crippen MR) is 80.8 cm³/mol. The van der Waals surface area contributed by atoms with Crippen molar-refractivity contribution in [2.24, 2.45) is 5.92 Å². The molecule has 1 N–H and O–H groups in total. The Kier molecular flexibility index (Phi) is 4.40. The van der Waals surface area contributed by atoms with Crippen molar-refractivity contribution in [3.63, 3.8) is 0 Å². The highest BCUT2D eigenvalue weighted by Crippen LogP contribution is 2.26. The Balaban J connectivity index is 1.73. The summed E-state index contributed by atoms with van der Waals surface area (Å²) in [5, 5.41) is 14.0. The second kappa shape index (κ2) is 6.35. The minimum Gasteiger partial charge on any atom is -0.391 e. The largest absolute Gasteiger partial charge is 0.391 e. The van der Waals surface area contributed by atoms with E-state index in [2.05, 4.69) is 5.16 Å². The molecule has 6 nitrogen and oxygen atoms in total. The van der Waals surface area contributed by atoms with Gasteiger partial charge in [0.25, 0.3) is 5.91 Å². The monoisotopic (exact) mass is 339 g/mol. The van der Waals surface area contributed by atoms with Crippen LogP contribution < -0.4 is 0 Å². The molecule has 3 heterocycles. The molecule has 1 saturated heterocycles. The van der Waals surface area contributed by atoms with Crippen molar-refractivity contribution in [1.29, 1.82) is 0 Å². The maximum absolute atomic E-state index is 13.1. The third-order valence-corrected chi connectivity index (χ3v) is 4.37. The number of carbonyl (C=O) groups excluding carboxylic acids is 1. The summed E-state index contributed by atoms with van der Waals surface area (Å²) in [7, 11) is 0. The molecule has 24 heavy (non-hydrogen) atoms. The number of rotatable bonds is 4. The lowest BCUT2D eigenvalue weighted by Gasteiger charge is -2.18. The summed E-state index contributed by atoms with van der Waals surface area (Å²) in [4.78, 5) is 14.0. The van der Waals surface area contributed by atoms with Crippen LogP contribution in [0.25, 0.3) is 0 Å². The number of alkyl halides is 2. The third-order valence-electron chi connectivity index (χ3n) is 4.37. The zero-order valence-corrected chi connectivity index (χ0v) is 13.4. The average molecular weight is 339 g/mol. The Morgan fingerprint density at radius 2 is 2.17 bits per heavy atom. The van der Waals surface area contributed by atoms with Gasteiger partial charge in [0, 0.05) is 37.2 Å². The molecule has 0 radical (unpaired) electrons. The van der Waals surface area contributed by atoms with E-state index in [-0.39, 0.29) is 24.7 Å². The summed E-state index contributed by atoms with van der Waals surface area (Å²) in [5.74, 6) is -0.0753. The number of hydrogen-bond acceptors (Lipinski definition) is 4. The number of amides is 1. The summed E-state index contributed by atoms with van der Waals surface area (Å²) < 4.78 is 32.1. The van der Waals surface area contributed by atoms with Crippen molar-refractivity contribution in [1.82, 2.24) is 14.6 Å². The van der Waals surface area contributed by atoms with Crippen LogP contribution in [-0.4, -0.2) is 44.8 Å². The van der Waals surface area contributed by atoms with E-state index >= 15 is 0 Å². The first-order valence-corrected chi connectivity index (χ1v) is 7.72. The van der Waals surface area contributed by atoms with Crippen LogP contribution in [0.1, 0.15) is 34.2 Å². The maximum atomic E-state index is 13.1. The molecule has 2 aromatic rings. The second-order valence-corrected chi connectivity index (χ2v) is 6.18. The zero-order chi connectivity index (χ0) is 17.4. The molecule has 0 aromatic carbocycles. The Hall–Kier alpha value is -2.22. The van der Waals surface area contributed by atoms with Crippen LogP contribution in [-0.2, 0) is 6.42 Å². The van der Waals surface area contributed by atoms with Crippen LogP contribution in [0.3, 0.4) is 0 Å². The van der Waals surface area contributed by atoms with Crippen molar-refractivity contribution in [2.45, 2.75) is 32.9 Å². The Labute approximate surface area is 137 Å². The lowest BCUT2D eigenvalue weighted by Crippen LogP contribution is -2.31. The highest BCUT2D eigenvalue weighted by atomic mass is 19.3. The first kappa shape index (κ1) is 16.6. The van der Waals surface area contributed by atoms with Crippen molar-refractivity contribution in [2.75, 3.05) is 13.1 Å². The van der Waals surface area contributed by atoms with Crippen molar-refractivity contribution in [3.8, 4) is 0 Å². The van der Waals surface area contributed by atoms with E-state index in [4.69, 9.17) is 4.52 Å². The fourth-order valence-electron chi connectivity index (χ4n) is 3.14. The third kappa shape index (κ3) is 3.06. The van der Waals surface area contributed by atoms with Crippen molar-refractivity contribution >= 4 is 5.91 Å². The molecular weight excluding hydrogens is 320 g/mol. The van der Waals surface area contributed by atoms with Gasteiger partial charge in [-0.3, -0.25) is 9.36 Å². The SMILES string of the molecule is Cc1cc(C[C@@H]2CN(C(=O)c3ccc(C)n3C(F)F)C[C@H]2O)on1. The van der Waals surface area contributed by atoms with Crippen LogP contribution in [0.15, 0.2) is 22.7 Å². The van der Waals surface area contributed by atoms with Crippen LogP contribution >= 0.6 is 0 Å². The topological polar surface area (TPSA) is 71.5 Å². The van der Waals surface area contributed by atoms with Crippen LogP contribution in [0.2, 0.25) is 0 Å². The molecule has 1 fully saturated rings. The first-order chi connectivity index (χ1) is 11.4. The van der Waals surface area contributed by atoms with Gasteiger partial charge in [0.1, 0.15) is 11.5 Å². The molecular formula is C16H19F2N3O3.